The summed E-state index contributed by atoms with van der Waals surface area (Å²) < 4.78 is 27.0. The van der Waals surface area contributed by atoms with E-state index >= 15 is 0 Å². The lowest BCUT2D eigenvalue weighted by Gasteiger charge is -2.20. The first-order valence-electron chi connectivity index (χ1n) is 4.69. The molecule has 1 aromatic heterocycles. The van der Waals surface area contributed by atoms with E-state index in [1.165, 1.54) is 17.8 Å². The number of sulfonamides is 1. The van der Waals surface area contributed by atoms with Crippen LogP contribution in [0.15, 0.2) is 11.4 Å². The number of halogens is 1. The molecule has 98 valence electrons. The Morgan fingerprint density at radius 3 is 2.65 bits per heavy atom. The molecule has 0 saturated carbocycles. The first kappa shape index (κ1) is 14.4. The highest BCUT2D eigenvalue weighted by Crippen LogP contribution is 2.18. The molecule has 0 aliphatic carbocycles. The summed E-state index contributed by atoms with van der Waals surface area (Å²) >= 11 is 5.75. The second-order valence-corrected chi connectivity index (χ2v) is 5.97. The van der Waals surface area contributed by atoms with Gasteiger partial charge < -0.3 is 14.8 Å². The van der Waals surface area contributed by atoms with Crippen LogP contribution in [0.4, 0.5) is 0 Å². The minimum atomic E-state index is -3.90. The van der Waals surface area contributed by atoms with Crippen molar-refractivity contribution in [3.05, 3.63) is 11.5 Å². The highest BCUT2D eigenvalue weighted by Gasteiger charge is 2.26. The number of hydrogen-bond acceptors (Lipinski definition) is 5. The lowest BCUT2D eigenvalue weighted by molar-refractivity contribution is 0.00680. The van der Waals surface area contributed by atoms with E-state index in [0.29, 0.717) is 0 Å². The summed E-state index contributed by atoms with van der Waals surface area (Å²) in [4.78, 5) is 3.65. The van der Waals surface area contributed by atoms with Crippen molar-refractivity contribution in [2.45, 2.75) is 17.6 Å². The molecule has 0 amide bonds. The maximum Gasteiger partial charge on any atom is 0.261 e. The zero-order valence-electron chi connectivity index (χ0n) is 9.38. The molecule has 0 fully saturated rings. The molecule has 1 heterocycles. The molecule has 0 saturated heterocycles. The molecule has 1 unspecified atom stereocenters. The van der Waals surface area contributed by atoms with E-state index in [4.69, 9.17) is 16.7 Å². The molecule has 1 atom stereocenters. The van der Waals surface area contributed by atoms with Crippen LogP contribution in [-0.4, -0.2) is 46.9 Å². The molecule has 17 heavy (non-hydrogen) atoms. The molecule has 9 heteroatoms. The van der Waals surface area contributed by atoms with Crippen LogP contribution >= 0.6 is 11.6 Å². The standard InChI is InChI=1S/C8H14ClN3O4S/c1-8(14,4-13)3-11-17(15,16)7-6(9)12(2)5-10-7/h5,11,13-14H,3-4H2,1-2H3. The van der Waals surface area contributed by atoms with Gasteiger partial charge in [-0.25, -0.2) is 18.1 Å². The minimum absolute atomic E-state index is 0.0267. The van der Waals surface area contributed by atoms with Gasteiger partial charge in [0.05, 0.1) is 18.5 Å². The van der Waals surface area contributed by atoms with Crippen molar-refractivity contribution in [2.24, 2.45) is 7.05 Å². The first-order valence-corrected chi connectivity index (χ1v) is 6.55. The molecule has 0 aliphatic rings. The molecule has 3 N–H and O–H groups in total. The SMILES string of the molecule is Cn1cnc(S(=O)(=O)NCC(C)(O)CO)c1Cl. The van der Waals surface area contributed by atoms with Gasteiger partial charge in [-0.3, -0.25) is 0 Å². The van der Waals surface area contributed by atoms with E-state index in [9.17, 15) is 13.5 Å². The number of imidazole rings is 1. The van der Waals surface area contributed by atoms with Gasteiger partial charge in [0.2, 0.25) is 5.03 Å². The highest BCUT2D eigenvalue weighted by atomic mass is 35.5. The van der Waals surface area contributed by atoms with Crippen molar-refractivity contribution in [3.63, 3.8) is 0 Å². The van der Waals surface area contributed by atoms with Crippen LogP contribution < -0.4 is 4.72 Å². The van der Waals surface area contributed by atoms with Gasteiger partial charge >= 0.3 is 0 Å². The highest BCUT2D eigenvalue weighted by molar-refractivity contribution is 7.89. The van der Waals surface area contributed by atoms with E-state index in [-0.39, 0.29) is 16.7 Å². The average molecular weight is 284 g/mol. The molecular weight excluding hydrogens is 270 g/mol. The van der Waals surface area contributed by atoms with Gasteiger partial charge in [0.1, 0.15) is 5.15 Å². The Labute approximate surface area is 104 Å². The van der Waals surface area contributed by atoms with Crippen molar-refractivity contribution in [1.82, 2.24) is 14.3 Å². The van der Waals surface area contributed by atoms with Gasteiger partial charge in [0, 0.05) is 13.6 Å². The van der Waals surface area contributed by atoms with E-state index in [1.807, 2.05) is 0 Å². The second-order valence-electron chi connectivity index (χ2n) is 3.93. The van der Waals surface area contributed by atoms with Crippen LogP contribution in [0, 0.1) is 0 Å². The van der Waals surface area contributed by atoms with Crippen molar-refractivity contribution in [1.29, 1.82) is 0 Å². The molecule has 1 rings (SSSR count). The Kier molecular flexibility index (Phi) is 4.15. The number of rotatable bonds is 5. The number of nitrogens with zero attached hydrogens (tertiary/aromatic N) is 2. The van der Waals surface area contributed by atoms with Crippen molar-refractivity contribution < 1.29 is 18.6 Å². The summed E-state index contributed by atoms with van der Waals surface area (Å²) in [5, 5.41) is 17.9. The van der Waals surface area contributed by atoms with E-state index in [2.05, 4.69) is 9.71 Å². The minimum Gasteiger partial charge on any atom is -0.393 e. The van der Waals surface area contributed by atoms with Gasteiger partial charge in [-0.15, -0.1) is 0 Å². The second kappa shape index (κ2) is 4.91. The monoisotopic (exact) mass is 283 g/mol. The molecule has 7 nitrogen and oxygen atoms in total. The van der Waals surface area contributed by atoms with Crippen LogP contribution in [0.5, 0.6) is 0 Å². The normalized spacial score (nSPS) is 15.8. The van der Waals surface area contributed by atoms with Crippen molar-refractivity contribution >= 4 is 21.6 Å². The predicted octanol–water partition coefficient (Wildman–Crippen LogP) is -0.905. The number of aryl methyl sites for hydroxylation is 1. The van der Waals surface area contributed by atoms with Gasteiger partial charge in [-0.2, -0.15) is 0 Å². The Balaban J connectivity index is 2.87. The van der Waals surface area contributed by atoms with Crippen LogP contribution in [0.25, 0.3) is 0 Å². The Morgan fingerprint density at radius 2 is 2.24 bits per heavy atom. The quantitative estimate of drug-likeness (QED) is 0.649. The fraction of sp³-hybridized carbons (Fsp3) is 0.625. The van der Waals surface area contributed by atoms with Crippen molar-refractivity contribution in [2.75, 3.05) is 13.2 Å². The zero-order valence-corrected chi connectivity index (χ0v) is 11.0. The fourth-order valence-corrected chi connectivity index (χ4v) is 2.54. The molecule has 0 bridgehead atoms. The zero-order chi connectivity index (χ0) is 13.3. The average Bonchev–Trinajstić information content (AvgIpc) is 2.58. The van der Waals surface area contributed by atoms with Crippen LogP contribution in [0.3, 0.4) is 0 Å². The van der Waals surface area contributed by atoms with Crippen LogP contribution in [0.1, 0.15) is 6.92 Å². The number of aliphatic hydroxyl groups excluding tert-OH is 1. The van der Waals surface area contributed by atoms with Crippen LogP contribution in [-0.2, 0) is 17.1 Å². The third-order valence-electron chi connectivity index (χ3n) is 2.07. The predicted molar refractivity (Wildman–Crippen MR) is 61.1 cm³/mol. The number of aliphatic hydroxyl groups is 2. The molecule has 0 spiro atoms. The van der Waals surface area contributed by atoms with Gasteiger partial charge in [-0.1, -0.05) is 11.6 Å². The van der Waals surface area contributed by atoms with E-state index in [0.717, 1.165) is 0 Å². The summed E-state index contributed by atoms with van der Waals surface area (Å²) in [5.41, 5.74) is -1.53. The van der Waals surface area contributed by atoms with Crippen molar-refractivity contribution in [3.8, 4) is 0 Å². The maximum atomic E-state index is 11.8. The molecule has 0 radical (unpaired) electrons. The van der Waals surface area contributed by atoms with Gasteiger partial charge in [-0.05, 0) is 6.92 Å². The Morgan fingerprint density at radius 1 is 1.65 bits per heavy atom. The molecule has 1 aromatic rings. The summed E-state index contributed by atoms with van der Waals surface area (Å²) in [6.07, 6.45) is 1.26. The molecule has 0 aromatic carbocycles. The fourth-order valence-electron chi connectivity index (χ4n) is 0.949. The molecule has 0 aliphatic heterocycles. The molecular formula is C8H14ClN3O4S. The lowest BCUT2D eigenvalue weighted by Crippen LogP contribution is -2.43. The smallest absolute Gasteiger partial charge is 0.261 e. The number of hydrogen-bond donors (Lipinski definition) is 3. The summed E-state index contributed by atoms with van der Waals surface area (Å²) in [6.45, 7) is 0.403. The topological polar surface area (TPSA) is 104 Å². The summed E-state index contributed by atoms with van der Waals surface area (Å²) in [6, 6.07) is 0. The van der Waals surface area contributed by atoms with Crippen LogP contribution in [0.2, 0.25) is 5.15 Å². The lowest BCUT2D eigenvalue weighted by atomic mass is 10.1. The first-order chi connectivity index (χ1) is 7.69. The maximum absolute atomic E-state index is 11.8. The number of aromatic nitrogens is 2. The number of nitrogens with one attached hydrogen (secondary N) is 1. The Bertz CT molecular complexity index is 497. The Hall–Kier alpha value is -0.670. The van der Waals surface area contributed by atoms with Gasteiger partial charge in [0.25, 0.3) is 10.0 Å². The summed E-state index contributed by atoms with van der Waals surface area (Å²) in [5.74, 6) is 0. The van der Waals surface area contributed by atoms with E-state index < -0.39 is 22.2 Å². The third kappa shape index (κ3) is 3.39. The largest absolute Gasteiger partial charge is 0.393 e. The third-order valence-corrected chi connectivity index (χ3v) is 3.96. The van der Waals surface area contributed by atoms with Gasteiger partial charge in [0.15, 0.2) is 0 Å². The summed E-state index contributed by atoms with van der Waals surface area (Å²) in [7, 11) is -2.34. The van der Waals surface area contributed by atoms with E-state index in [1.54, 1.807) is 7.05 Å².